The molecule has 0 aliphatic heterocycles. The number of nitrogen functional groups attached to an aromatic ring is 1. The molecule has 0 unspecified atom stereocenters. The van der Waals surface area contributed by atoms with E-state index in [1.807, 2.05) is 0 Å². The van der Waals surface area contributed by atoms with Crippen LogP contribution in [-0.2, 0) is 0 Å². The normalized spacial score (nSPS) is 11.2. The molecule has 5 nitrogen and oxygen atoms in total. The van der Waals surface area contributed by atoms with Crippen molar-refractivity contribution in [3.8, 4) is 11.5 Å². The molecule has 1 aromatic carbocycles. The summed E-state index contributed by atoms with van der Waals surface area (Å²) in [5.74, 6) is -1.11. The van der Waals surface area contributed by atoms with Crippen LogP contribution < -0.4 is 5.73 Å². The number of hydrogen-bond acceptors (Lipinski definition) is 3. The summed E-state index contributed by atoms with van der Waals surface area (Å²) in [6, 6.07) is 3.66. The van der Waals surface area contributed by atoms with Crippen LogP contribution in [0.15, 0.2) is 18.2 Å². The molecule has 0 aliphatic rings. The number of aromatic amines is 2. The van der Waals surface area contributed by atoms with Gasteiger partial charge in [-0.05, 0) is 0 Å². The van der Waals surface area contributed by atoms with Gasteiger partial charge in [-0.15, -0.1) is 0 Å². The Morgan fingerprint density at radius 1 is 1.12 bits per heavy atom. The van der Waals surface area contributed by atoms with E-state index < -0.39 is 11.6 Å². The van der Waals surface area contributed by atoms with Crippen LogP contribution in [0, 0.1) is 11.6 Å². The van der Waals surface area contributed by atoms with Crippen molar-refractivity contribution >= 4 is 16.9 Å². The molecule has 0 spiro atoms. The average Bonchev–Trinajstić information content (AvgIpc) is 2.85. The minimum Gasteiger partial charge on any atom is -0.382 e. The Bertz CT molecular complexity index is 661. The number of aromatic nitrogens is 4. The molecule has 4 N–H and O–H groups in total. The number of benzene rings is 1. The fourth-order valence-electron chi connectivity index (χ4n) is 1.59. The molecule has 3 rings (SSSR count). The van der Waals surface area contributed by atoms with E-state index in [2.05, 4.69) is 20.2 Å². The number of fused-ring (bicyclic) bond motifs is 1. The fourth-order valence-corrected chi connectivity index (χ4v) is 1.59. The highest BCUT2D eigenvalue weighted by atomic mass is 19.2. The molecule has 2 heterocycles. The quantitative estimate of drug-likeness (QED) is 0.601. The van der Waals surface area contributed by atoms with Crippen molar-refractivity contribution in [2.45, 2.75) is 0 Å². The number of rotatable bonds is 1. The summed E-state index contributed by atoms with van der Waals surface area (Å²) in [5, 5.41) is 6.40. The van der Waals surface area contributed by atoms with Gasteiger partial charge < -0.3 is 10.7 Å². The third-order valence-corrected chi connectivity index (χ3v) is 2.38. The summed E-state index contributed by atoms with van der Waals surface area (Å²) in [7, 11) is 0. The molecule has 3 aromatic rings. The SMILES string of the molecule is Nc1cc(-c2nc3cc(F)c(F)cc3[nH]2)[nH]n1. The standard InChI is InChI=1S/C10H7F2N5/c11-4-1-6-7(2-5(4)12)15-10(14-6)8-3-9(13)17-16-8/h1-3H,(H,14,15)(H3,13,16,17). The van der Waals surface area contributed by atoms with Crippen LogP contribution in [0.4, 0.5) is 14.6 Å². The van der Waals surface area contributed by atoms with Gasteiger partial charge in [0.15, 0.2) is 17.5 Å². The van der Waals surface area contributed by atoms with E-state index in [4.69, 9.17) is 5.73 Å². The van der Waals surface area contributed by atoms with Crippen LogP contribution in [0.1, 0.15) is 0 Å². The molecule has 0 saturated heterocycles. The lowest BCUT2D eigenvalue weighted by Crippen LogP contribution is -1.82. The van der Waals surface area contributed by atoms with Gasteiger partial charge in [0.2, 0.25) is 0 Å². The first-order chi connectivity index (χ1) is 8.13. The zero-order valence-electron chi connectivity index (χ0n) is 8.46. The molecule has 17 heavy (non-hydrogen) atoms. The van der Waals surface area contributed by atoms with E-state index in [1.54, 1.807) is 6.07 Å². The maximum Gasteiger partial charge on any atom is 0.161 e. The van der Waals surface area contributed by atoms with Crippen LogP contribution in [0.5, 0.6) is 0 Å². The number of nitrogens with one attached hydrogen (secondary N) is 2. The van der Waals surface area contributed by atoms with Gasteiger partial charge in [-0.1, -0.05) is 0 Å². The first kappa shape index (κ1) is 9.76. The molecule has 2 aromatic heterocycles. The predicted octanol–water partition coefficient (Wildman–Crippen LogP) is 1.81. The van der Waals surface area contributed by atoms with Crippen LogP contribution >= 0.6 is 0 Å². The highest BCUT2D eigenvalue weighted by Crippen LogP contribution is 2.21. The first-order valence-electron chi connectivity index (χ1n) is 4.79. The van der Waals surface area contributed by atoms with E-state index >= 15 is 0 Å². The number of imidazole rings is 1. The number of nitrogens with two attached hydrogens (primary N) is 1. The number of anilines is 1. The average molecular weight is 235 g/mol. The Morgan fingerprint density at radius 2 is 1.88 bits per heavy atom. The molecule has 0 radical (unpaired) electrons. The third kappa shape index (κ3) is 1.52. The van der Waals surface area contributed by atoms with Crippen molar-refractivity contribution in [3.05, 3.63) is 29.8 Å². The van der Waals surface area contributed by atoms with E-state index in [0.717, 1.165) is 12.1 Å². The molecule has 0 amide bonds. The van der Waals surface area contributed by atoms with Crippen LogP contribution in [0.25, 0.3) is 22.6 Å². The van der Waals surface area contributed by atoms with E-state index in [9.17, 15) is 8.78 Å². The summed E-state index contributed by atoms with van der Waals surface area (Å²) in [4.78, 5) is 6.96. The van der Waals surface area contributed by atoms with Crippen molar-refractivity contribution in [1.82, 2.24) is 20.2 Å². The minimum atomic E-state index is -0.931. The minimum absolute atomic E-state index is 0.317. The van der Waals surface area contributed by atoms with Crippen LogP contribution in [0.3, 0.4) is 0 Å². The summed E-state index contributed by atoms with van der Waals surface area (Å²) in [6.45, 7) is 0. The summed E-state index contributed by atoms with van der Waals surface area (Å²) >= 11 is 0. The monoisotopic (exact) mass is 235 g/mol. The van der Waals surface area contributed by atoms with Crippen molar-refractivity contribution in [2.24, 2.45) is 0 Å². The van der Waals surface area contributed by atoms with Gasteiger partial charge in [0.05, 0.1) is 11.0 Å². The summed E-state index contributed by atoms with van der Waals surface area (Å²) in [5.41, 5.74) is 6.76. The maximum absolute atomic E-state index is 13.0. The van der Waals surface area contributed by atoms with Crippen molar-refractivity contribution in [1.29, 1.82) is 0 Å². The van der Waals surface area contributed by atoms with Crippen molar-refractivity contribution in [3.63, 3.8) is 0 Å². The zero-order chi connectivity index (χ0) is 12.0. The lowest BCUT2D eigenvalue weighted by atomic mass is 10.3. The molecule has 0 bridgehead atoms. The second-order valence-electron chi connectivity index (χ2n) is 3.58. The van der Waals surface area contributed by atoms with Gasteiger partial charge in [0, 0.05) is 18.2 Å². The van der Waals surface area contributed by atoms with Gasteiger partial charge in [0.1, 0.15) is 11.5 Å². The van der Waals surface area contributed by atoms with E-state index in [1.165, 1.54) is 0 Å². The Hall–Kier alpha value is -2.44. The Morgan fingerprint density at radius 3 is 2.59 bits per heavy atom. The number of hydrogen-bond donors (Lipinski definition) is 3. The first-order valence-corrected chi connectivity index (χ1v) is 4.79. The summed E-state index contributed by atoms with van der Waals surface area (Å²) < 4.78 is 26.0. The van der Waals surface area contributed by atoms with Gasteiger partial charge >= 0.3 is 0 Å². The molecule has 0 atom stereocenters. The molecule has 7 heteroatoms. The van der Waals surface area contributed by atoms with E-state index in [-0.39, 0.29) is 0 Å². The Labute approximate surface area is 93.7 Å². The number of nitrogens with zero attached hydrogens (tertiary/aromatic N) is 2. The zero-order valence-corrected chi connectivity index (χ0v) is 8.46. The van der Waals surface area contributed by atoms with Gasteiger partial charge in [-0.3, -0.25) is 5.10 Å². The van der Waals surface area contributed by atoms with Gasteiger partial charge in [0.25, 0.3) is 0 Å². The lowest BCUT2D eigenvalue weighted by molar-refractivity contribution is 0.510. The van der Waals surface area contributed by atoms with E-state index in [0.29, 0.717) is 28.4 Å². The topological polar surface area (TPSA) is 83.4 Å². The molecular weight excluding hydrogens is 228 g/mol. The Balaban J connectivity index is 2.19. The fraction of sp³-hybridized carbons (Fsp3) is 0. The summed E-state index contributed by atoms with van der Waals surface area (Å²) in [6.07, 6.45) is 0. The van der Waals surface area contributed by atoms with Gasteiger partial charge in [-0.2, -0.15) is 5.10 Å². The predicted molar refractivity (Wildman–Crippen MR) is 58.0 cm³/mol. The third-order valence-electron chi connectivity index (χ3n) is 2.38. The molecule has 0 saturated carbocycles. The largest absolute Gasteiger partial charge is 0.382 e. The Kier molecular flexibility index (Phi) is 1.88. The van der Waals surface area contributed by atoms with Crippen molar-refractivity contribution < 1.29 is 8.78 Å². The van der Waals surface area contributed by atoms with Crippen molar-refractivity contribution in [2.75, 3.05) is 5.73 Å². The smallest absolute Gasteiger partial charge is 0.161 e. The molecule has 0 aliphatic carbocycles. The molecular formula is C10H7F2N5. The van der Waals surface area contributed by atoms with Gasteiger partial charge in [-0.25, -0.2) is 13.8 Å². The maximum atomic E-state index is 13.0. The lowest BCUT2D eigenvalue weighted by Gasteiger charge is -1.90. The highest BCUT2D eigenvalue weighted by molar-refractivity contribution is 5.79. The van der Waals surface area contributed by atoms with Crippen LogP contribution in [0.2, 0.25) is 0 Å². The second kappa shape index (κ2) is 3.27. The van der Waals surface area contributed by atoms with Crippen LogP contribution in [-0.4, -0.2) is 20.2 Å². The molecule has 86 valence electrons. The molecule has 0 fully saturated rings. The number of halogens is 2. The number of H-pyrrole nitrogens is 2. The second-order valence-corrected chi connectivity index (χ2v) is 3.58. The highest BCUT2D eigenvalue weighted by Gasteiger charge is 2.11.